The second-order valence-corrected chi connectivity index (χ2v) is 6.97. The number of amides is 1. The third kappa shape index (κ3) is 3.45. The number of rotatable bonds is 4. The van der Waals surface area contributed by atoms with Crippen LogP contribution in [0.4, 0.5) is 0 Å². The summed E-state index contributed by atoms with van der Waals surface area (Å²) in [6.07, 6.45) is 0.336. The number of hydrogen-bond donors (Lipinski definition) is 0. The van der Waals surface area contributed by atoms with Gasteiger partial charge in [0, 0.05) is 0 Å². The standard InChI is InChI=1S/C20H21NO2Se/c1-14(16-9-5-3-6-10-16)13-18(22)21-15(2)19(23-20(21)24)17-11-7-4-8-12-17/h3-12,14-15,19H,13H2,1-2H3/t14-,15+,19+/m1/s1. The first-order chi connectivity index (χ1) is 11.6. The van der Waals surface area contributed by atoms with Gasteiger partial charge in [0.1, 0.15) is 0 Å². The summed E-state index contributed by atoms with van der Waals surface area (Å²) in [4.78, 5) is 14.6. The first-order valence-electron chi connectivity index (χ1n) is 8.20. The Bertz CT molecular complexity index is 717. The summed E-state index contributed by atoms with van der Waals surface area (Å²) < 4.78 is 6.52. The van der Waals surface area contributed by atoms with Crippen molar-refractivity contribution in [2.24, 2.45) is 0 Å². The molecular weight excluding hydrogens is 365 g/mol. The van der Waals surface area contributed by atoms with Crippen LogP contribution >= 0.6 is 0 Å². The van der Waals surface area contributed by atoms with Gasteiger partial charge in [0.2, 0.25) is 0 Å². The van der Waals surface area contributed by atoms with E-state index in [0.29, 0.717) is 11.1 Å². The molecule has 0 saturated carbocycles. The van der Waals surface area contributed by atoms with Crippen LogP contribution in [0.5, 0.6) is 0 Å². The molecule has 2 aromatic rings. The first-order valence-corrected chi connectivity index (χ1v) is 9.06. The van der Waals surface area contributed by atoms with Gasteiger partial charge in [-0.25, -0.2) is 0 Å². The Morgan fingerprint density at radius 2 is 1.71 bits per heavy atom. The third-order valence-electron chi connectivity index (χ3n) is 4.52. The van der Waals surface area contributed by atoms with Gasteiger partial charge in [-0.2, -0.15) is 0 Å². The van der Waals surface area contributed by atoms with E-state index in [1.165, 1.54) is 5.56 Å². The van der Waals surface area contributed by atoms with Gasteiger partial charge in [0.25, 0.3) is 0 Å². The van der Waals surface area contributed by atoms with Crippen LogP contribution in [0.25, 0.3) is 0 Å². The van der Waals surface area contributed by atoms with Crippen molar-refractivity contribution in [1.29, 1.82) is 0 Å². The number of hydrogen-bond acceptors (Lipinski definition) is 2. The number of carbonyl (C=O) groups is 1. The van der Waals surface area contributed by atoms with Crippen LogP contribution in [0.15, 0.2) is 60.7 Å². The normalized spacial score (nSPS) is 21.4. The van der Waals surface area contributed by atoms with Crippen molar-refractivity contribution in [3.8, 4) is 0 Å². The summed E-state index contributed by atoms with van der Waals surface area (Å²) in [5, 5.41) is 0. The quantitative estimate of drug-likeness (QED) is 0.754. The molecule has 0 aromatic heterocycles. The van der Waals surface area contributed by atoms with Crippen molar-refractivity contribution in [3.05, 3.63) is 71.8 Å². The SMILES string of the molecule is C[C@H](CC(=O)N1C(=[Se])O[C@H](c2ccccc2)[C@@H]1C)c1ccccc1. The van der Waals surface area contributed by atoms with E-state index in [0.717, 1.165) is 5.56 Å². The summed E-state index contributed by atoms with van der Waals surface area (Å²) in [6.45, 7) is 4.12. The van der Waals surface area contributed by atoms with Crippen LogP contribution in [0.2, 0.25) is 0 Å². The molecule has 0 N–H and O–H groups in total. The first kappa shape index (κ1) is 16.9. The van der Waals surface area contributed by atoms with Crippen LogP contribution in [0.1, 0.15) is 43.4 Å². The van der Waals surface area contributed by atoms with Crippen LogP contribution < -0.4 is 0 Å². The molecule has 1 amide bonds. The average molecular weight is 386 g/mol. The zero-order valence-electron chi connectivity index (χ0n) is 13.9. The van der Waals surface area contributed by atoms with Gasteiger partial charge in [-0.1, -0.05) is 0 Å². The number of benzene rings is 2. The van der Waals surface area contributed by atoms with E-state index in [9.17, 15) is 4.79 Å². The average Bonchev–Trinajstić information content (AvgIpc) is 2.91. The van der Waals surface area contributed by atoms with Crippen molar-refractivity contribution in [2.75, 3.05) is 0 Å². The minimum atomic E-state index is -0.126. The maximum atomic E-state index is 12.8. The van der Waals surface area contributed by atoms with E-state index in [2.05, 4.69) is 34.6 Å². The molecule has 124 valence electrons. The molecule has 3 rings (SSSR count). The topological polar surface area (TPSA) is 29.5 Å². The third-order valence-corrected chi connectivity index (χ3v) is 5.13. The van der Waals surface area contributed by atoms with E-state index < -0.39 is 0 Å². The fraction of sp³-hybridized carbons (Fsp3) is 0.300. The molecule has 4 heteroatoms. The Balaban J connectivity index is 1.72. The monoisotopic (exact) mass is 387 g/mol. The molecule has 1 saturated heterocycles. The van der Waals surface area contributed by atoms with E-state index in [1.54, 1.807) is 4.90 Å². The molecule has 1 aliphatic rings. The molecule has 3 nitrogen and oxygen atoms in total. The van der Waals surface area contributed by atoms with Crippen molar-refractivity contribution >= 4 is 26.2 Å². The Morgan fingerprint density at radius 1 is 1.12 bits per heavy atom. The Labute approximate surface area is 151 Å². The fourth-order valence-corrected chi connectivity index (χ4v) is 3.92. The molecule has 3 atom stereocenters. The van der Waals surface area contributed by atoms with Gasteiger partial charge in [0.15, 0.2) is 0 Å². The number of nitrogens with zero attached hydrogens (tertiary/aromatic N) is 1. The summed E-state index contributed by atoms with van der Waals surface area (Å²) in [6, 6.07) is 20.2. The van der Waals surface area contributed by atoms with Gasteiger partial charge < -0.3 is 0 Å². The number of ether oxygens (including phenoxy) is 1. The van der Waals surface area contributed by atoms with E-state index in [-0.39, 0.29) is 24.0 Å². The minimum absolute atomic E-state index is 0.0286. The summed E-state index contributed by atoms with van der Waals surface area (Å²) in [7, 11) is 0. The Kier molecular flexibility index (Phi) is 5.17. The predicted molar refractivity (Wildman–Crippen MR) is 96.8 cm³/mol. The Morgan fingerprint density at radius 3 is 2.33 bits per heavy atom. The van der Waals surface area contributed by atoms with Crippen molar-refractivity contribution in [3.63, 3.8) is 0 Å². The van der Waals surface area contributed by atoms with Crippen molar-refractivity contribution in [2.45, 2.75) is 38.3 Å². The molecular formula is C20H21NO2Se. The molecule has 24 heavy (non-hydrogen) atoms. The summed E-state index contributed by atoms with van der Waals surface area (Å²) in [5.74, 6) is 0.264. The molecule has 1 aliphatic heterocycles. The molecule has 0 unspecified atom stereocenters. The second kappa shape index (κ2) is 7.33. The van der Waals surface area contributed by atoms with Gasteiger partial charge in [-0.15, -0.1) is 0 Å². The summed E-state index contributed by atoms with van der Waals surface area (Å²) in [5.41, 5.74) is 2.27. The van der Waals surface area contributed by atoms with Gasteiger partial charge in [0.05, 0.1) is 0 Å². The molecule has 0 spiro atoms. The van der Waals surface area contributed by atoms with Crippen LogP contribution in [0.3, 0.4) is 0 Å². The van der Waals surface area contributed by atoms with Crippen LogP contribution in [0, 0.1) is 0 Å². The van der Waals surface area contributed by atoms with Gasteiger partial charge in [-0.3, -0.25) is 0 Å². The molecule has 2 aromatic carbocycles. The zero-order chi connectivity index (χ0) is 17.1. The summed E-state index contributed by atoms with van der Waals surface area (Å²) >= 11 is 2.91. The van der Waals surface area contributed by atoms with Crippen LogP contribution in [-0.4, -0.2) is 37.2 Å². The molecule has 1 fully saturated rings. The predicted octanol–water partition coefficient (Wildman–Crippen LogP) is 3.42. The van der Waals surface area contributed by atoms with Crippen molar-refractivity contribution in [1.82, 2.24) is 4.90 Å². The second-order valence-electron chi connectivity index (χ2n) is 6.24. The van der Waals surface area contributed by atoms with E-state index in [4.69, 9.17) is 4.74 Å². The van der Waals surface area contributed by atoms with Gasteiger partial charge in [-0.05, 0) is 0 Å². The zero-order valence-corrected chi connectivity index (χ0v) is 15.6. The Hall–Kier alpha value is -1.90. The molecule has 0 aliphatic carbocycles. The van der Waals surface area contributed by atoms with E-state index >= 15 is 0 Å². The van der Waals surface area contributed by atoms with E-state index in [1.807, 2.05) is 55.5 Å². The molecule has 0 radical (unpaired) electrons. The van der Waals surface area contributed by atoms with Gasteiger partial charge >= 0.3 is 151 Å². The maximum absolute atomic E-state index is 12.8. The van der Waals surface area contributed by atoms with Crippen LogP contribution in [-0.2, 0) is 9.53 Å². The fourth-order valence-electron chi connectivity index (χ4n) is 3.14. The van der Waals surface area contributed by atoms with Crippen molar-refractivity contribution < 1.29 is 9.53 Å². The molecule has 0 bridgehead atoms. The molecule has 1 heterocycles. The number of carbonyl (C=O) groups excluding carboxylic acids is 1.